The molecule has 1 aromatic carbocycles. The maximum Gasteiger partial charge on any atom is 0.328 e. The third-order valence-electron chi connectivity index (χ3n) is 4.38. The maximum absolute atomic E-state index is 13.8. The van der Waals surface area contributed by atoms with Crippen molar-refractivity contribution in [1.29, 1.82) is 0 Å². The highest BCUT2D eigenvalue weighted by molar-refractivity contribution is 5.93. The summed E-state index contributed by atoms with van der Waals surface area (Å²) < 4.78 is 15.0. The van der Waals surface area contributed by atoms with E-state index in [0.29, 0.717) is 25.3 Å². The first-order valence-corrected chi connectivity index (χ1v) is 8.03. The van der Waals surface area contributed by atoms with Crippen LogP contribution in [-0.4, -0.2) is 35.1 Å². The molecule has 0 spiro atoms. The number of aromatic amines is 1. The fourth-order valence-corrected chi connectivity index (χ4v) is 2.98. The van der Waals surface area contributed by atoms with Crippen molar-refractivity contribution >= 4 is 11.6 Å². The van der Waals surface area contributed by atoms with Gasteiger partial charge in [0.25, 0.3) is 11.5 Å². The van der Waals surface area contributed by atoms with Gasteiger partial charge in [0.15, 0.2) is 0 Å². The van der Waals surface area contributed by atoms with E-state index in [9.17, 15) is 18.8 Å². The maximum atomic E-state index is 13.8. The van der Waals surface area contributed by atoms with Crippen molar-refractivity contribution < 1.29 is 9.18 Å². The van der Waals surface area contributed by atoms with Gasteiger partial charge in [-0.1, -0.05) is 12.1 Å². The smallest absolute Gasteiger partial charge is 0.328 e. The predicted octanol–water partition coefficient (Wildman–Crippen LogP) is 0.469. The highest BCUT2D eigenvalue weighted by atomic mass is 19.1. The Morgan fingerprint density at radius 1 is 1.36 bits per heavy atom. The van der Waals surface area contributed by atoms with Gasteiger partial charge in [0.05, 0.1) is 5.69 Å². The van der Waals surface area contributed by atoms with Crippen LogP contribution in [0, 0.1) is 11.7 Å². The van der Waals surface area contributed by atoms with Gasteiger partial charge in [-0.15, -0.1) is 0 Å². The molecule has 2 heterocycles. The van der Waals surface area contributed by atoms with Gasteiger partial charge in [-0.05, 0) is 24.5 Å². The highest BCUT2D eigenvalue weighted by Gasteiger charge is 2.25. The van der Waals surface area contributed by atoms with Crippen LogP contribution in [0.4, 0.5) is 10.1 Å². The van der Waals surface area contributed by atoms with Crippen molar-refractivity contribution in [2.75, 3.05) is 24.5 Å². The second-order valence-electron chi connectivity index (χ2n) is 6.18. The van der Waals surface area contributed by atoms with E-state index in [1.807, 2.05) is 4.90 Å². The van der Waals surface area contributed by atoms with E-state index >= 15 is 0 Å². The van der Waals surface area contributed by atoms with Crippen molar-refractivity contribution in [2.24, 2.45) is 13.0 Å². The molecule has 8 heteroatoms. The summed E-state index contributed by atoms with van der Waals surface area (Å²) in [6.45, 7) is 1.72. The summed E-state index contributed by atoms with van der Waals surface area (Å²) in [7, 11) is 1.46. The third-order valence-corrected chi connectivity index (χ3v) is 4.38. The number of carbonyl (C=O) groups is 1. The van der Waals surface area contributed by atoms with Crippen LogP contribution in [0.15, 0.2) is 40.1 Å². The number of hydrogen-bond donors (Lipinski definition) is 2. The minimum atomic E-state index is -0.708. The zero-order valence-electron chi connectivity index (χ0n) is 13.8. The highest BCUT2D eigenvalue weighted by Crippen LogP contribution is 2.25. The van der Waals surface area contributed by atoms with E-state index in [1.165, 1.54) is 19.3 Å². The molecule has 1 saturated heterocycles. The Balaban J connectivity index is 1.61. The Bertz CT molecular complexity index is 905. The Kier molecular flexibility index (Phi) is 4.69. The standard InChI is InChI=1S/C17H19FN4O3/c1-21-10-12(16(24)20-17(21)25)15(23)19-8-11-6-7-22(9-11)14-5-3-2-4-13(14)18/h2-5,10-11H,6-9H2,1H3,(H,19,23)(H,20,24,25)/t11-/m1/s1. The van der Waals surface area contributed by atoms with E-state index < -0.39 is 17.2 Å². The van der Waals surface area contributed by atoms with Gasteiger partial charge in [0.2, 0.25) is 0 Å². The molecular weight excluding hydrogens is 327 g/mol. The second kappa shape index (κ2) is 6.92. The van der Waals surface area contributed by atoms with Crippen LogP contribution in [-0.2, 0) is 7.05 Å². The van der Waals surface area contributed by atoms with Crippen molar-refractivity contribution in [3.63, 3.8) is 0 Å². The van der Waals surface area contributed by atoms with Crippen molar-refractivity contribution in [2.45, 2.75) is 6.42 Å². The molecule has 0 bridgehead atoms. The number of hydrogen-bond acceptors (Lipinski definition) is 4. The van der Waals surface area contributed by atoms with Gasteiger partial charge in [0.1, 0.15) is 11.4 Å². The van der Waals surface area contributed by atoms with Crippen LogP contribution in [0.3, 0.4) is 0 Å². The minimum absolute atomic E-state index is 0.106. The van der Waals surface area contributed by atoms with Crippen LogP contribution in [0.2, 0.25) is 0 Å². The minimum Gasteiger partial charge on any atom is -0.369 e. The number of rotatable bonds is 4. The zero-order chi connectivity index (χ0) is 18.0. The van der Waals surface area contributed by atoms with E-state index in [0.717, 1.165) is 11.0 Å². The van der Waals surface area contributed by atoms with Crippen LogP contribution in [0.5, 0.6) is 0 Å². The fourth-order valence-electron chi connectivity index (χ4n) is 2.98. The van der Waals surface area contributed by atoms with Crippen LogP contribution >= 0.6 is 0 Å². The first-order valence-electron chi connectivity index (χ1n) is 8.03. The molecule has 2 N–H and O–H groups in total. The van der Waals surface area contributed by atoms with Gasteiger partial charge in [-0.25, -0.2) is 9.18 Å². The van der Waals surface area contributed by atoms with Gasteiger partial charge in [-0.3, -0.25) is 14.6 Å². The lowest BCUT2D eigenvalue weighted by Crippen LogP contribution is -2.38. The van der Waals surface area contributed by atoms with Gasteiger partial charge < -0.3 is 14.8 Å². The first-order chi connectivity index (χ1) is 12.0. The molecule has 0 radical (unpaired) electrons. The van der Waals surface area contributed by atoms with Crippen LogP contribution in [0.25, 0.3) is 0 Å². The Morgan fingerprint density at radius 2 is 2.12 bits per heavy atom. The summed E-state index contributed by atoms with van der Waals surface area (Å²) in [6.07, 6.45) is 2.04. The number of aryl methyl sites for hydroxylation is 1. The first kappa shape index (κ1) is 16.9. The number of aromatic nitrogens is 2. The largest absolute Gasteiger partial charge is 0.369 e. The molecule has 0 saturated carbocycles. The number of anilines is 1. The van der Waals surface area contributed by atoms with E-state index in [-0.39, 0.29) is 17.3 Å². The molecule has 25 heavy (non-hydrogen) atoms. The van der Waals surface area contributed by atoms with Gasteiger partial charge in [0, 0.05) is 32.9 Å². The monoisotopic (exact) mass is 346 g/mol. The lowest BCUT2D eigenvalue weighted by atomic mass is 10.1. The van der Waals surface area contributed by atoms with E-state index in [2.05, 4.69) is 10.3 Å². The van der Waals surface area contributed by atoms with Crippen molar-refractivity contribution in [1.82, 2.24) is 14.9 Å². The van der Waals surface area contributed by atoms with Crippen LogP contribution < -0.4 is 21.5 Å². The summed E-state index contributed by atoms with van der Waals surface area (Å²) in [6, 6.07) is 6.60. The van der Waals surface area contributed by atoms with E-state index in [1.54, 1.807) is 18.2 Å². The Hall–Kier alpha value is -2.90. The molecule has 3 rings (SSSR count). The van der Waals surface area contributed by atoms with Crippen molar-refractivity contribution in [3.05, 3.63) is 62.7 Å². The number of halogens is 1. The van der Waals surface area contributed by atoms with Gasteiger partial charge >= 0.3 is 5.69 Å². The molecule has 132 valence electrons. The fraction of sp³-hybridized carbons (Fsp3) is 0.353. The molecule has 1 amide bonds. The van der Waals surface area contributed by atoms with Crippen molar-refractivity contribution in [3.8, 4) is 0 Å². The summed E-state index contributed by atoms with van der Waals surface area (Å²) in [5.74, 6) is -0.625. The zero-order valence-corrected chi connectivity index (χ0v) is 13.8. The average Bonchev–Trinajstić information content (AvgIpc) is 3.05. The number of benzene rings is 1. The topological polar surface area (TPSA) is 87.2 Å². The predicted molar refractivity (Wildman–Crippen MR) is 91.4 cm³/mol. The number of nitrogens with zero attached hydrogens (tertiary/aromatic N) is 2. The normalized spacial score (nSPS) is 16.9. The van der Waals surface area contributed by atoms with E-state index in [4.69, 9.17) is 0 Å². The number of carbonyl (C=O) groups excluding carboxylic acids is 1. The molecule has 7 nitrogen and oxygen atoms in total. The lowest BCUT2D eigenvalue weighted by Gasteiger charge is -2.19. The third kappa shape index (κ3) is 3.62. The van der Waals surface area contributed by atoms with Crippen LogP contribution in [0.1, 0.15) is 16.8 Å². The number of para-hydroxylation sites is 1. The molecule has 0 unspecified atom stereocenters. The van der Waals surface area contributed by atoms with Gasteiger partial charge in [-0.2, -0.15) is 0 Å². The number of amides is 1. The number of H-pyrrole nitrogens is 1. The Labute approximate surface area is 143 Å². The molecule has 1 atom stereocenters. The Morgan fingerprint density at radius 3 is 2.88 bits per heavy atom. The molecule has 1 aliphatic heterocycles. The second-order valence-corrected chi connectivity index (χ2v) is 6.18. The summed E-state index contributed by atoms with van der Waals surface area (Å²) in [4.78, 5) is 39.3. The molecule has 2 aromatic rings. The molecular formula is C17H19FN4O3. The molecule has 1 fully saturated rings. The quantitative estimate of drug-likeness (QED) is 0.842. The summed E-state index contributed by atoms with van der Waals surface area (Å²) >= 11 is 0. The molecule has 0 aliphatic carbocycles. The molecule has 1 aromatic heterocycles. The summed E-state index contributed by atoms with van der Waals surface area (Å²) in [5.41, 5.74) is -0.824. The number of nitrogens with one attached hydrogen (secondary N) is 2. The SMILES string of the molecule is Cn1cc(C(=O)NC[C@H]2CCN(c3ccccc3F)C2)c(=O)[nH]c1=O. The lowest BCUT2D eigenvalue weighted by molar-refractivity contribution is 0.0945. The average molecular weight is 346 g/mol. The summed E-state index contributed by atoms with van der Waals surface area (Å²) in [5, 5.41) is 2.72. The molecule has 1 aliphatic rings.